The number of benzene rings is 1. The Kier molecular flexibility index (Phi) is 5.70. The van der Waals surface area contributed by atoms with Crippen LogP contribution in [0.5, 0.6) is 5.88 Å². The molecule has 0 aliphatic heterocycles. The van der Waals surface area contributed by atoms with E-state index in [-0.39, 0.29) is 18.6 Å². The van der Waals surface area contributed by atoms with Crippen molar-refractivity contribution in [2.45, 2.75) is 26.4 Å². The molecule has 0 aliphatic rings. The summed E-state index contributed by atoms with van der Waals surface area (Å²) in [6, 6.07) is 14.4. The summed E-state index contributed by atoms with van der Waals surface area (Å²) in [5, 5.41) is 9.02. The first-order valence-electron chi connectivity index (χ1n) is 7.52. The van der Waals surface area contributed by atoms with E-state index >= 15 is 0 Å². The van der Waals surface area contributed by atoms with E-state index in [0.717, 1.165) is 6.42 Å². The maximum atomic E-state index is 12.7. The highest BCUT2D eigenvalue weighted by atomic mass is 16.5. The number of carbonyl (C=O) groups is 1. The number of hydrogen-bond donors (Lipinski definition) is 0. The van der Waals surface area contributed by atoms with Crippen LogP contribution >= 0.6 is 0 Å². The number of para-hydroxylation sites is 1. The van der Waals surface area contributed by atoms with Crippen molar-refractivity contribution in [1.82, 2.24) is 4.98 Å². The molecule has 0 N–H and O–H groups in total. The van der Waals surface area contributed by atoms with Crippen molar-refractivity contribution in [3.05, 3.63) is 54.2 Å². The number of ether oxygens (including phenoxy) is 1. The minimum atomic E-state index is -0.255. The first-order chi connectivity index (χ1) is 11.2. The molecule has 5 nitrogen and oxygen atoms in total. The minimum Gasteiger partial charge on any atom is -0.475 e. The third-order valence-electron chi connectivity index (χ3n) is 3.42. The molecule has 0 bridgehead atoms. The molecule has 0 saturated heterocycles. The van der Waals surface area contributed by atoms with Crippen LogP contribution in [0.25, 0.3) is 0 Å². The SMILES string of the molecule is CC[C@H](C)Oc1cc(C(=O)N(CC#N)c2ccccc2)ccn1. The molecule has 2 rings (SSSR count). The number of nitrogens with zero attached hydrogens (tertiary/aromatic N) is 3. The van der Waals surface area contributed by atoms with Crippen LogP contribution in [0, 0.1) is 11.3 Å². The van der Waals surface area contributed by atoms with Gasteiger partial charge in [0.2, 0.25) is 5.88 Å². The van der Waals surface area contributed by atoms with Crippen molar-refractivity contribution < 1.29 is 9.53 Å². The van der Waals surface area contributed by atoms with Crippen molar-refractivity contribution in [1.29, 1.82) is 5.26 Å². The summed E-state index contributed by atoms with van der Waals surface area (Å²) >= 11 is 0. The Hall–Kier alpha value is -2.87. The van der Waals surface area contributed by atoms with E-state index in [1.165, 1.54) is 4.90 Å². The number of aromatic nitrogens is 1. The van der Waals surface area contributed by atoms with Gasteiger partial charge in [0.25, 0.3) is 5.91 Å². The van der Waals surface area contributed by atoms with Crippen LogP contribution in [-0.2, 0) is 0 Å². The summed E-state index contributed by atoms with van der Waals surface area (Å²) in [6.45, 7) is 3.94. The van der Waals surface area contributed by atoms with E-state index in [9.17, 15) is 4.79 Å². The molecule has 118 valence electrons. The van der Waals surface area contributed by atoms with Crippen molar-refractivity contribution in [3.63, 3.8) is 0 Å². The Labute approximate surface area is 136 Å². The fraction of sp³-hybridized carbons (Fsp3) is 0.278. The number of amides is 1. The average molecular weight is 309 g/mol. The smallest absolute Gasteiger partial charge is 0.259 e. The maximum absolute atomic E-state index is 12.7. The predicted molar refractivity (Wildman–Crippen MR) is 88.3 cm³/mol. The third-order valence-corrected chi connectivity index (χ3v) is 3.42. The number of nitriles is 1. The molecular weight excluding hydrogens is 290 g/mol. The Bertz CT molecular complexity index is 695. The second-order valence-electron chi connectivity index (χ2n) is 5.10. The van der Waals surface area contributed by atoms with Gasteiger partial charge in [-0.2, -0.15) is 5.26 Å². The summed E-state index contributed by atoms with van der Waals surface area (Å²) < 4.78 is 5.65. The molecule has 1 aromatic heterocycles. The minimum absolute atomic E-state index is 0.0211. The highest BCUT2D eigenvalue weighted by Crippen LogP contribution is 2.19. The summed E-state index contributed by atoms with van der Waals surface area (Å²) in [5.74, 6) is 0.157. The van der Waals surface area contributed by atoms with E-state index in [1.807, 2.05) is 38.1 Å². The van der Waals surface area contributed by atoms with Gasteiger partial charge in [-0.3, -0.25) is 9.69 Å². The summed E-state index contributed by atoms with van der Waals surface area (Å²) in [5.41, 5.74) is 1.12. The van der Waals surface area contributed by atoms with Gasteiger partial charge in [0.1, 0.15) is 6.54 Å². The fourth-order valence-corrected chi connectivity index (χ4v) is 2.01. The second-order valence-corrected chi connectivity index (χ2v) is 5.10. The van der Waals surface area contributed by atoms with Gasteiger partial charge in [-0.1, -0.05) is 25.1 Å². The van der Waals surface area contributed by atoms with Gasteiger partial charge in [-0.25, -0.2) is 4.98 Å². The topological polar surface area (TPSA) is 66.2 Å². The Balaban J connectivity index is 2.27. The molecule has 0 saturated carbocycles. The van der Waals surface area contributed by atoms with Crippen molar-refractivity contribution >= 4 is 11.6 Å². The summed E-state index contributed by atoms with van der Waals surface area (Å²) in [6.07, 6.45) is 2.42. The number of rotatable bonds is 6. The van der Waals surface area contributed by atoms with E-state index in [4.69, 9.17) is 10.00 Å². The van der Waals surface area contributed by atoms with Gasteiger partial charge >= 0.3 is 0 Å². The summed E-state index contributed by atoms with van der Waals surface area (Å²) in [4.78, 5) is 18.3. The molecule has 1 aromatic carbocycles. The fourth-order valence-electron chi connectivity index (χ4n) is 2.01. The van der Waals surface area contributed by atoms with E-state index in [1.54, 1.807) is 30.5 Å². The highest BCUT2D eigenvalue weighted by molar-refractivity contribution is 6.06. The largest absolute Gasteiger partial charge is 0.475 e. The number of pyridine rings is 1. The number of carbonyl (C=O) groups excluding carboxylic acids is 1. The van der Waals surface area contributed by atoms with Crippen LogP contribution in [0.4, 0.5) is 5.69 Å². The lowest BCUT2D eigenvalue weighted by molar-refractivity contribution is 0.0989. The standard InChI is InChI=1S/C18H19N3O2/c1-3-14(2)23-17-13-15(9-11-20-17)18(22)21(12-10-19)16-7-5-4-6-8-16/h4-9,11,13-14H,3,12H2,1-2H3/t14-/m0/s1. The van der Waals surface area contributed by atoms with Gasteiger partial charge in [0.15, 0.2) is 0 Å². The van der Waals surface area contributed by atoms with Gasteiger partial charge in [-0.15, -0.1) is 0 Å². The zero-order valence-corrected chi connectivity index (χ0v) is 13.3. The molecule has 0 aliphatic carbocycles. The Morgan fingerprint density at radius 1 is 1.35 bits per heavy atom. The van der Waals surface area contributed by atoms with Crippen LogP contribution in [0.3, 0.4) is 0 Å². The molecule has 23 heavy (non-hydrogen) atoms. The quantitative estimate of drug-likeness (QED) is 0.767. The van der Waals surface area contributed by atoms with E-state index in [2.05, 4.69) is 4.98 Å². The lowest BCUT2D eigenvalue weighted by atomic mass is 10.2. The normalized spacial score (nSPS) is 11.3. The average Bonchev–Trinajstić information content (AvgIpc) is 2.60. The van der Waals surface area contributed by atoms with Crippen LogP contribution in [0.2, 0.25) is 0 Å². The maximum Gasteiger partial charge on any atom is 0.259 e. The molecule has 1 heterocycles. The second kappa shape index (κ2) is 7.95. The zero-order valence-electron chi connectivity index (χ0n) is 13.3. The first-order valence-corrected chi connectivity index (χ1v) is 7.52. The lowest BCUT2D eigenvalue weighted by Gasteiger charge is -2.20. The molecule has 1 amide bonds. The van der Waals surface area contributed by atoms with Gasteiger partial charge in [0, 0.05) is 23.5 Å². The third kappa shape index (κ3) is 4.30. The molecule has 5 heteroatoms. The van der Waals surface area contributed by atoms with Crippen LogP contribution < -0.4 is 9.64 Å². The molecule has 0 spiro atoms. The summed E-state index contributed by atoms with van der Waals surface area (Å²) in [7, 11) is 0. The van der Waals surface area contributed by atoms with Crippen molar-refractivity contribution in [2.24, 2.45) is 0 Å². The van der Waals surface area contributed by atoms with Crippen LogP contribution in [-0.4, -0.2) is 23.5 Å². The molecule has 0 unspecified atom stereocenters. The number of hydrogen-bond acceptors (Lipinski definition) is 4. The first kappa shape index (κ1) is 16.5. The molecule has 0 fully saturated rings. The van der Waals surface area contributed by atoms with Gasteiger partial charge in [0.05, 0.1) is 12.2 Å². The van der Waals surface area contributed by atoms with E-state index in [0.29, 0.717) is 17.1 Å². The Morgan fingerprint density at radius 3 is 2.74 bits per heavy atom. The van der Waals surface area contributed by atoms with Crippen LogP contribution in [0.15, 0.2) is 48.7 Å². The zero-order chi connectivity index (χ0) is 16.7. The molecule has 1 atom stereocenters. The Morgan fingerprint density at radius 2 is 2.09 bits per heavy atom. The molecule has 2 aromatic rings. The van der Waals surface area contributed by atoms with Crippen molar-refractivity contribution in [2.75, 3.05) is 11.4 Å². The monoisotopic (exact) mass is 309 g/mol. The number of anilines is 1. The molecular formula is C18H19N3O2. The van der Waals surface area contributed by atoms with Gasteiger partial charge < -0.3 is 4.74 Å². The van der Waals surface area contributed by atoms with Crippen LogP contribution in [0.1, 0.15) is 30.6 Å². The van der Waals surface area contributed by atoms with Crippen molar-refractivity contribution in [3.8, 4) is 11.9 Å². The van der Waals surface area contributed by atoms with E-state index < -0.39 is 0 Å². The lowest BCUT2D eigenvalue weighted by Crippen LogP contribution is -2.31. The van der Waals surface area contributed by atoms with Gasteiger partial charge in [-0.05, 0) is 31.5 Å². The highest BCUT2D eigenvalue weighted by Gasteiger charge is 2.18. The predicted octanol–water partition coefficient (Wildman–Crippen LogP) is 3.43. The molecule has 0 radical (unpaired) electrons.